The van der Waals surface area contributed by atoms with Crippen molar-refractivity contribution in [2.24, 2.45) is 0 Å². The van der Waals surface area contributed by atoms with Crippen molar-refractivity contribution in [2.45, 2.75) is 37.6 Å². The summed E-state index contributed by atoms with van der Waals surface area (Å²) in [4.78, 5) is 3.37. The van der Waals surface area contributed by atoms with Gasteiger partial charge in [0.15, 0.2) is 0 Å². The van der Waals surface area contributed by atoms with E-state index in [0.717, 1.165) is 21.7 Å². The second-order valence-electron chi connectivity index (χ2n) is 4.75. The SMILES string of the molecule is CCc1ccc(CNS(=O)(=O)c2cc(C)c(CNC)s2)s1. The summed E-state index contributed by atoms with van der Waals surface area (Å²) in [6, 6.07) is 5.78. The van der Waals surface area contributed by atoms with Gasteiger partial charge >= 0.3 is 0 Å². The van der Waals surface area contributed by atoms with E-state index >= 15 is 0 Å². The van der Waals surface area contributed by atoms with Crippen LogP contribution in [-0.4, -0.2) is 15.5 Å². The Labute approximate surface area is 134 Å². The molecule has 0 amide bonds. The molecule has 0 aromatic carbocycles. The van der Waals surface area contributed by atoms with Crippen LogP contribution >= 0.6 is 22.7 Å². The number of aryl methyl sites for hydroxylation is 2. The summed E-state index contributed by atoms with van der Waals surface area (Å²) in [5.74, 6) is 0. The van der Waals surface area contributed by atoms with Crippen molar-refractivity contribution in [3.63, 3.8) is 0 Å². The summed E-state index contributed by atoms with van der Waals surface area (Å²) in [5.41, 5.74) is 1.01. The zero-order valence-electron chi connectivity index (χ0n) is 12.4. The number of rotatable bonds is 7. The van der Waals surface area contributed by atoms with Crippen LogP contribution in [0.3, 0.4) is 0 Å². The van der Waals surface area contributed by atoms with Gasteiger partial charge in [-0.1, -0.05) is 6.92 Å². The molecule has 0 saturated heterocycles. The Bertz CT molecular complexity index is 702. The molecule has 7 heteroatoms. The van der Waals surface area contributed by atoms with E-state index in [1.54, 1.807) is 17.4 Å². The predicted octanol–water partition coefficient (Wildman–Crippen LogP) is 2.88. The van der Waals surface area contributed by atoms with Gasteiger partial charge in [0.25, 0.3) is 0 Å². The topological polar surface area (TPSA) is 58.2 Å². The lowest BCUT2D eigenvalue weighted by molar-refractivity contribution is 0.584. The van der Waals surface area contributed by atoms with Crippen molar-refractivity contribution >= 4 is 32.7 Å². The molecular formula is C14H20N2O2S3. The van der Waals surface area contributed by atoms with Gasteiger partial charge < -0.3 is 5.32 Å². The number of hydrogen-bond acceptors (Lipinski definition) is 5. The monoisotopic (exact) mass is 344 g/mol. The molecule has 0 saturated carbocycles. The Balaban J connectivity index is 2.09. The Hall–Kier alpha value is -0.730. The second-order valence-corrected chi connectivity index (χ2v) is 9.13. The Morgan fingerprint density at radius 1 is 1.14 bits per heavy atom. The Morgan fingerprint density at radius 2 is 1.86 bits per heavy atom. The first-order chi connectivity index (χ1) is 9.96. The number of thiophene rings is 2. The van der Waals surface area contributed by atoms with Gasteiger partial charge in [0.05, 0.1) is 0 Å². The third-order valence-corrected chi connectivity index (χ3v) is 7.44. The van der Waals surface area contributed by atoms with Crippen molar-refractivity contribution < 1.29 is 8.42 Å². The first-order valence-electron chi connectivity index (χ1n) is 6.77. The molecule has 2 rings (SSSR count). The smallest absolute Gasteiger partial charge is 0.250 e. The fourth-order valence-corrected chi connectivity index (χ4v) is 5.54. The Kier molecular flexibility index (Phi) is 5.56. The largest absolute Gasteiger partial charge is 0.315 e. The molecule has 21 heavy (non-hydrogen) atoms. The van der Waals surface area contributed by atoms with Gasteiger partial charge in [-0.2, -0.15) is 0 Å². The lowest BCUT2D eigenvalue weighted by Gasteiger charge is -2.02. The highest BCUT2D eigenvalue weighted by atomic mass is 32.2. The van der Waals surface area contributed by atoms with E-state index in [2.05, 4.69) is 23.0 Å². The van der Waals surface area contributed by atoms with Crippen LogP contribution in [0.25, 0.3) is 0 Å². The molecule has 0 radical (unpaired) electrons. The maximum atomic E-state index is 12.3. The van der Waals surface area contributed by atoms with Crippen molar-refractivity contribution in [1.82, 2.24) is 10.0 Å². The molecule has 2 aromatic heterocycles. The molecular weight excluding hydrogens is 324 g/mol. The standard InChI is InChI=1S/C14H20N2O2S3/c1-4-11-5-6-12(19-11)8-16-21(17,18)14-7-10(2)13(20-14)9-15-3/h5-7,15-16H,4,8-9H2,1-3H3. The van der Waals surface area contributed by atoms with Crippen LogP contribution < -0.4 is 10.0 Å². The summed E-state index contributed by atoms with van der Waals surface area (Å²) in [5, 5.41) is 3.05. The third-order valence-electron chi connectivity index (χ3n) is 3.10. The highest BCUT2D eigenvalue weighted by Crippen LogP contribution is 2.26. The molecule has 116 valence electrons. The average molecular weight is 345 g/mol. The first-order valence-corrected chi connectivity index (χ1v) is 9.89. The summed E-state index contributed by atoms with van der Waals surface area (Å²) in [6.45, 7) is 5.08. The molecule has 0 unspecified atom stereocenters. The predicted molar refractivity (Wildman–Crippen MR) is 89.5 cm³/mol. The normalized spacial score (nSPS) is 12.0. The molecule has 2 N–H and O–H groups in total. The average Bonchev–Trinajstić information content (AvgIpc) is 3.05. The van der Waals surface area contributed by atoms with Crippen LogP contribution in [-0.2, 0) is 29.5 Å². The minimum atomic E-state index is -3.43. The molecule has 0 aliphatic carbocycles. The van der Waals surface area contributed by atoms with E-state index in [1.165, 1.54) is 16.2 Å². The lowest BCUT2D eigenvalue weighted by Crippen LogP contribution is -2.21. The van der Waals surface area contributed by atoms with E-state index in [4.69, 9.17) is 0 Å². The van der Waals surface area contributed by atoms with Crippen molar-refractivity contribution in [2.75, 3.05) is 7.05 Å². The lowest BCUT2D eigenvalue weighted by atomic mass is 10.3. The fraction of sp³-hybridized carbons (Fsp3) is 0.429. The third kappa shape index (κ3) is 4.14. The molecule has 2 heterocycles. The molecule has 0 bridgehead atoms. The van der Waals surface area contributed by atoms with Crippen molar-refractivity contribution in [3.8, 4) is 0 Å². The summed E-state index contributed by atoms with van der Waals surface area (Å²) >= 11 is 2.98. The summed E-state index contributed by atoms with van der Waals surface area (Å²) < 4.78 is 27.7. The zero-order chi connectivity index (χ0) is 15.5. The second kappa shape index (κ2) is 7.02. The van der Waals surface area contributed by atoms with E-state index in [9.17, 15) is 8.42 Å². The number of nitrogens with one attached hydrogen (secondary N) is 2. The van der Waals surface area contributed by atoms with Crippen LogP contribution in [0.15, 0.2) is 22.4 Å². The van der Waals surface area contributed by atoms with Gasteiger partial charge in [-0.15, -0.1) is 22.7 Å². The maximum Gasteiger partial charge on any atom is 0.250 e. The first kappa shape index (κ1) is 16.6. The molecule has 0 atom stereocenters. The number of hydrogen-bond donors (Lipinski definition) is 2. The van der Waals surface area contributed by atoms with Crippen LogP contribution in [0.5, 0.6) is 0 Å². The molecule has 0 spiro atoms. The maximum absolute atomic E-state index is 12.3. The van der Waals surface area contributed by atoms with E-state index in [-0.39, 0.29) is 0 Å². The van der Waals surface area contributed by atoms with Gasteiger partial charge in [-0.3, -0.25) is 0 Å². The van der Waals surface area contributed by atoms with Gasteiger partial charge in [-0.25, -0.2) is 13.1 Å². The molecule has 0 fully saturated rings. The highest BCUT2D eigenvalue weighted by Gasteiger charge is 2.18. The molecule has 0 aliphatic rings. The fourth-order valence-electron chi connectivity index (χ4n) is 1.90. The van der Waals surface area contributed by atoms with Crippen LogP contribution in [0.1, 0.15) is 27.1 Å². The highest BCUT2D eigenvalue weighted by molar-refractivity contribution is 7.91. The molecule has 4 nitrogen and oxygen atoms in total. The summed E-state index contributed by atoms with van der Waals surface area (Å²) in [6.07, 6.45) is 0.981. The minimum absolute atomic E-state index is 0.352. The van der Waals surface area contributed by atoms with Gasteiger partial charge in [0, 0.05) is 27.7 Å². The minimum Gasteiger partial charge on any atom is -0.315 e. The number of sulfonamides is 1. The molecule has 2 aromatic rings. The quantitative estimate of drug-likeness (QED) is 0.812. The van der Waals surface area contributed by atoms with Gasteiger partial charge in [-0.05, 0) is 44.2 Å². The molecule has 0 aliphatic heterocycles. The van der Waals surface area contributed by atoms with Gasteiger partial charge in [0.1, 0.15) is 4.21 Å². The van der Waals surface area contributed by atoms with E-state index in [1.807, 2.05) is 20.0 Å². The van der Waals surface area contributed by atoms with Crippen LogP contribution in [0, 0.1) is 6.92 Å². The summed E-state index contributed by atoms with van der Waals surface area (Å²) in [7, 11) is -1.57. The van der Waals surface area contributed by atoms with Gasteiger partial charge in [0.2, 0.25) is 10.0 Å². The Morgan fingerprint density at radius 3 is 2.48 bits per heavy atom. The van der Waals surface area contributed by atoms with Crippen molar-refractivity contribution in [3.05, 3.63) is 38.4 Å². The van der Waals surface area contributed by atoms with E-state index < -0.39 is 10.0 Å². The van der Waals surface area contributed by atoms with Crippen LogP contribution in [0.2, 0.25) is 0 Å². The van der Waals surface area contributed by atoms with Crippen LogP contribution in [0.4, 0.5) is 0 Å². The van der Waals surface area contributed by atoms with Crippen molar-refractivity contribution in [1.29, 1.82) is 0 Å². The van der Waals surface area contributed by atoms with E-state index in [0.29, 0.717) is 17.3 Å². The zero-order valence-corrected chi connectivity index (χ0v) is 14.8.